The van der Waals surface area contributed by atoms with Gasteiger partial charge in [-0.3, -0.25) is 4.98 Å². The molecule has 7 heteroatoms. The zero-order chi connectivity index (χ0) is 13.8. The first kappa shape index (κ1) is 12.7. The van der Waals surface area contributed by atoms with Crippen molar-refractivity contribution in [1.29, 1.82) is 0 Å². The summed E-state index contributed by atoms with van der Waals surface area (Å²) in [4.78, 5) is 21.6. The Morgan fingerprint density at radius 2 is 1.60 bits per heavy atom. The van der Waals surface area contributed by atoms with Gasteiger partial charge in [0.25, 0.3) is 0 Å². The van der Waals surface area contributed by atoms with Gasteiger partial charge in [0.15, 0.2) is 0 Å². The van der Waals surface area contributed by atoms with E-state index >= 15 is 0 Å². The number of anilines is 2. The van der Waals surface area contributed by atoms with Crippen molar-refractivity contribution in [2.45, 2.75) is 6.54 Å². The van der Waals surface area contributed by atoms with Gasteiger partial charge < -0.3 is 15.5 Å². The number of nitrogens with two attached hydrogens (primary N) is 1. The molecule has 2 aromatic heterocycles. The third-order valence-electron chi connectivity index (χ3n) is 3.34. The molecular formula is C13H17N7. The molecule has 1 saturated heterocycles. The molecular weight excluding hydrogens is 254 g/mol. The fraction of sp³-hybridized carbons (Fsp3) is 0.385. The van der Waals surface area contributed by atoms with Gasteiger partial charge in [-0.2, -0.15) is 0 Å². The van der Waals surface area contributed by atoms with E-state index in [9.17, 15) is 0 Å². The van der Waals surface area contributed by atoms with Gasteiger partial charge in [-0.05, 0) is 6.07 Å². The average Bonchev–Trinajstić information content (AvgIpc) is 2.56. The molecule has 0 aromatic carbocycles. The molecule has 0 amide bonds. The van der Waals surface area contributed by atoms with Crippen LogP contribution in [0.4, 0.5) is 11.8 Å². The van der Waals surface area contributed by atoms with Gasteiger partial charge in [0.1, 0.15) is 5.82 Å². The largest absolute Gasteiger partial charge is 0.352 e. The monoisotopic (exact) mass is 271 g/mol. The van der Waals surface area contributed by atoms with Crippen LogP contribution in [0.2, 0.25) is 0 Å². The molecule has 1 aliphatic rings. The maximum absolute atomic E-state index is 5.52. The SMILES string of the molecule is NCc1cnc(N2CCN(c3ncccn3)CC2)cn1. The van der Waals surface area contributed by atoms with Crippen LogP contribution in [0.5, 0.6) is 0 Å². The maximum atomic E-state index is 5.52. The second-order valence-electron chi connectivity index (χ2n) is 4.59. The molecule has 3 rings (SSSR count). The van der Waals surface area contributed by atoms with Crippen molar-refractivity contribution in [1.82, 2.24) is 19.9 Å². The first-order valence-corrected chi connectivity index (χ1v) is 6.65. The van der Waals surface area contributed by atoms with Gasteiger partial charge in [0.2, 0.25) is 5.95 Å². The van der Waals surface area contributed by atoms with Crippen LogP contribution in [-0.2, 0) is 6.54 Å². The van der Waals surface area contributed by atoms with Crippen molar-refractivity contribution in [3.05, 3.63) is 36.5 Å². The lowest BCUT2D eigenvalue weighted by atomic mass is 10.3. The van der Waals surface area contributed by atoms with Crippen LogP contribution in [0.3, 0.4) is 0 Å². The Labute approximate surface area is 117 Å². The molecule has 0 bridgehead atoms. The summed E-state index contributed by atoms with van der Waals surface area (Å²) in [5.41, 5.74) is 6.33. The molecule has 0 atom stereocenters. The van der Waals surface area contributed by atoms with Crippen LogP contribution >= 0.6 is 0 Å². The average molecular weight is 271 g/mol. The fourth-order valence-electron chi connectivity index (χ4n) is 2.21. The lowest BCUT2D eigenvalue weighted by Gasteiger charge is -2.35. The molecule has 1 fully saturated rings. The van der Waals surface area contributed by atoms with Crippen molar-refractivity contribution in [2.75, 3.05) is 36.0 Å². The van der Waals surface area contributed by atoms with Crippen LogP contribution in [0.1, 0.15) is 5.69 Å². The molecule has 0 spiro atoms. The molecule has 3 heterocycles. The highest BCUT2D eigenvalue weighted by Gasteiger charge is 2.19. The molecule has 0 saturated carbocycles. The number of hydrogen-bond donors (Lipinski definition) is 1. The Morgan fingerprint density at radius 3 is 2.20 bits per heavy atom. The number of rotatable bonds is 3. The first-order chi connectivity index (χ1) is 9.86. The summed E-state index contributed by atoms with van der Waals surface area (Å²) in [6.45, 7) is 3.95. The summed E-state index contributed by atoms with van der Waals surface area (Å²) in [5, 5.41) is 0. The van der Waals surface area contributed by atoms with Crippen LogP contribution < -0.4 is 15.5 Å². The smallest absolute Gasteiger partial charge is 0.225 e. The van der Waals surface area contributed by atoms with E-state index in [0.717, 1.165) is 43.6 Å². The van der Waals surface area contributed by atoms with Crippen molar-refractivity contribution in [3.8, 4) is 0 Å². The minimum Gasteiger partial charge on any atom is -0.352 e. The number of nitrogens with zero attached hydrogens (tertiary/aromatic N) is 6. The fourth-order valence-corrected chi connectivity index (χ4v) is 2.21. The summed E-state index contributed by atoms with van der Waals surface area (Å²) >= 11 is 0. The zero-order valence-electron chi connectivity index (χ0n) is 11.2. The van der Waals surface area contributed by atoms with Crippen LogP contribution in [0.25, 0.3) is 0 Å². The highest BCUT2D eigenvalue weighted by molar-refractivity contribution is 5.40. The molecule has 0 aliphatic carbocycles. The molecule has 2 aromatic rings. The number of aromatic nitrogens is 4. The first-order valence-electron chi connectivity index (χ1n) is 6.65. The standard InChI is InChI=1S/C13H17N7/c14-8-11-9-18-12(10-17-11)19-4-6-20(7-5-19)13-15-2-1-3-16-13/h1-3,9-10H,4-8,14H2. The van der Waals surface area contributed by atoms with E-state index in [2.05, 4.69) is 29.7 Å². The Bertz CT molecular complexity index is 534. The van der Waals surface area contributed by atoms with Gasteiger partial charge in [-0.15, -0.1) is 0 Å². The third-order valence-corrected chi connectivity index (χ3v) is 3.34. The van der Waals surface area contributed by atoms with Gasteiger partial charge >= 0.3 is 0 Å². The third kappa shape index (κ3) is 2.67. The Kier molecular flexibility index (Phi) is 3.69. The lowest BCUT2D eigenvalue weighted by molar-refractivity contribution is 0.633. The van der Waals surface area contributed by atoms with Crippen molar-refractivity contribution in [2.24, 2.45) is 5.73 Å². The van der Waals surface area contributed by atoms with E-state index in [0.29, 0.717) is 6.54 Å². The van der Waals surface area contributed by atoms with Gasteiger partial charge in [0, 0.05) is 45.1 Å². The predicted octanol–water partition coefficient (Wildman–Crippen LogP) is 0.0519. The van der Waals surface area contributed by atoms with Crippen LogP contribution in [-0.4, -0.2) is 46.1 Å². The van der Waals surface area contributed by atoms with Gasteiger partial charge in [0.05, 0.1) is 18.1 Å². The van der Waals surface area contributed by atoms with Gasteiger partial charge in [-0.1, -0.05) is 0 Å². The molecule has 20 heavy (non-hydrogen) atoms. The highest BCUT2D eigenvalue weighted by atomic mass is 15.3. The normalized spacial score (nSPS) is 15.4. The minimum absolute atomic E-state index is 0.423. The summed E-state index contributed by atoms with van der Waals surface area (Å²) in [6, 6.07) is 1.83. The lowest BCUT2D eigenvalue weighted by Crippen LogP contribution is -2.47. The summed E-state index contributed by atoms with van der Waals surface area (Å²) in [7, 11) is 0. The molecule has 1 aliphatic heterocycles. The molecule has 7 nitrogen and oxygen atoms in total. The summed E-state index contributed by atoms with van der Waals surface area (Å²) < 4.78 is 0. The molecule has 104 valence electrons. The van der Waals surface area contributed by atoms with Crippen LogP contribution in [0.15, 0.2) is 30.9 Å². The van der Waals surface area contributed by atoms with E-state index in [-0.39, 0.29) is 0 Å². The molecule has 0 unspecified atom stereocenters. The van der Waals surface area contributed by atoms with E-state index in [1.54, 1.807) is 24.8 Å². The second kappa shape index (κ2) is 5.79. The van der Waals surface area contributed by atoms with Crippen molar-refractivity contribution < 1.29 is 0 Å². The van der Waals surface area contributed by atoms with E-state index in [1.165, 1.54) is 0 Å². The Morgan fingerprint density at radius 1 is 0.900 bits per heavy atom. The number of hydrogen-bond acceptors (Lipinski definition) is 7. The molecule has 0 radical (unpaired) electrons. The Balaban J connectivity index is 1.63. The quantitative estimate of drug-likeness (QED) is 0.844. The van der Waals surface area contributed by atoms with Crippen LogP contribution in [0, 0.1) is 0 Å². The Hall–Kier alpha value is -2.28. The summed E-state index contributed by atoms with van der Waals surface area (Å²) in [6.07, 6.45) is 7.07. The topological polar surface area (TPSA) is 84.1 Å². The minimum atomic E-state index is 0.423. The number of piperazine rings is 1. The molecule has 2 N–H and O–H groups in total. The zero-order valence-corrected chi connectivity index (χ0v) is 11.2. The predicted molar refractivity (Wildman–Crippen MR) is 76.4 cm³/mol. The van der Waals surface area contributed by atoms with E-state index in [4.69, 9.17) is 5.73 Å². The van der Waals surface area contributed by atoms with Crippen molar-refractivity contribution >= 4 is 11.8 Å². The summed E-state index contributed by atoms with van der Waals surface area (Å²) in [5.74, 6) is 1.69. The van der Waals surface area contributed by atoms with E-state index < -0.39 is 0 Å². The highest BCUT2D eigenvalue weighted by Crippen LogP contribution is 2.15. The maximum Gasteiger partial charge on any atom is 0.225 e. The van der Waals surface area contributed by atoms with E-state index in [1.807, 2.05) is 6.07 Å². The van der Waals surface area contributed by atoms with Crippen molar-refractivity contribution in [3.63, 3.8) is 0 Å². The second-order valence-corrected chi connectivity index (χ2v) is 4.59. The van der Waals surface area contributed by atoms with Gasteiger partial charge in [-0.25, -0.2) is 15.0 Å².